The van der Waals surface area contributed by atoms with Crippen molar-refractivity contribution in [1.29, 1.82) is 0 Å². The molecule has 0 N–H and O–H groups in total. The molecule has 2 aromatic carbocycles. The normalized spacial score (nSPS) is 11.2. The van der Waals surface area contributed by atoms with Gasteiger partial charge < -0.3 is 9.64 Å². The van der Waals surface area contributed by atoms with Gasteiger partial charge in [0.05, 0.1) is 16.1 Å². The van der Waals surface area contributed by atoms with E-state index in [9.17, 15) is 27.7 Å². The second-order valence-electron chi connectivity index (χ2n) is 7.17. The molecule has 1 radical (unpaired) electrons. The van der Waals surface area contributed by atoms with E-state index < -0.39 is 23.2 Å². The Labute approximate surface area is 181 Å². The number of benzene rings is 2. The SMILES string of the molecule is CN(C)Cc1[c]c(Cc2c(F)cccc2F)cc(-c2ccc(OC(F)F)nc2)c1[N+](=O)[O-]. The second-order valence-corrected chi connectivity index (χ2v) is 7.17. The molecule has 0 aliphatic rings. The van der Waals surface area contributed by atoms with Gasteiger partial charge in [-0.3, -0.25) is 10.1 Å². The third-order valence-electron chi connectivity index (χ3n) is 4.51. The molecule has 3 rings (SSSR count). The Morgan fingerprint density at radius 1 is 1.19 bits per heavy atom. The van der Waals surface area contributed by atoms with Crippen molar-refractivity contribution in [2.75, 3.05) is 14.1 Å². The largest absolute Gasteiger partial charge is 0.417 e. The molecule has 167 valence electrons. The molecule has 1 heterocycles. The summed E-state index contributed by atoms with van der Waals surface area (Å²) in [6.45, 7) is -2.93. The second kappa shape index (κ2) is 9.73. The van der Waals surface area contributed by atoms with Gasteiger partial charge in [0, 0.05) is 36.4 Å². The van der Waals surface area contributed by atoms with Crippen LogP contribution in [-0.2, 0) is 13.0 Å². The molecule has 0 aliphatic carbocycles. The lowest BCUT2D eigenvalue weighted by Crippen LogP contribution is -2.13. The van der Waals surface area contributed by atoms with Gasteiger partial charge in [-0.15, -0.1) is 0 Å². The smallest absolute Gasteiger partial charge is 0.388 e. The lowest BCUT2D eigenvalue weighted by Gasteiger charge is -2.15. The number of ether oxygens (including phenoxy) is 1. The van der Waals surface area contributed by atoms with Crippen molar-refractivity contribution in [2.24, 2.45) is 0 Å². The van der Waals surface area contributed by atoms with Crippen LogP contribution in [0.3, 0.4) is 0 Å². The molecule has 6 nitrogen and oxygen atoms in total. The number of alkyl halides is 2. The summed E-state index contributed by atoms with van der Waals surface area (Å²) >= 11 is 0. The average Bonchev–Trinajstić information content (AvgIpc) is 2.70. The van der Waals surface area contributed by atoms with Gasteiger partial charge in [-0.25, -0.2) is 13.8 Å². The van der Waals surface area contributed by atoms with Crippen LogP contribution in [0.4, 0.5) is 23.2 Å². The molecule has 0 bridgehead atoms. The van der Waals surface area contributed by atoms with E-state index in [-0.39, 0.29) is 46.8 Å². The quantitative estimate of drug-likeness (QED) is 0.276. The molecule has 0 aliphatic heterocycles. The van der Waals surface area contributed by atoms with E-state index in [2.05, 4.69) is 15.8 Å². The van der Waals surface area contributed by atoms with Crippen molar-refractivity contribution < 1.29 is 27.2 Å². The van der Waals surface area contributed by atoms with Crippen LogP contribution < -0.4 is 4.74 Å². The Hall–Kier alpha value is -3.53. The van der Waals surface area contributed by atoms with Crippen LogP contribution in [0.15, 0.2) is 42.6 Å². The van der Waals surface area contributed by atoms with Gasteiger partial charge in [0.2, 0.25) is 5.88 Å². The summed E-state index contributed by atoms with van der Waals surface area (Å²) in [6.07, 6.45) is 0.969. The topological polar surface area (TPSA) is 68.5 Å². The van der Waals surface area contributed by atoms with Crippen molar-refractivity contribution in [2.45, 2.75) is 19.6 Å². The maximum Gasteiger partial charge on any atom is 0.388 e. The van der Waals surface area contributed by atoms with Gasteiger partial charge in [-0.2, -0.15) is 8.78 Å². The maximum atomic E-state index is 14.2. The molecule has 0 amide bonds. The number of rotatable bonds is 8. The Bertz CT molecular complexity index is 1100. The molecule has 0 atom stereocenters. The fourth-order valence-electron chi connectivity index (χ4n) is 3.24. The molecular weight excluding hydrogens is 430 g/mol. The number of nitrogens with zero attached hydrogens (tertiary/aromatic N) is 3. The minimum absolute atomic E-state index is 0.119. The van der Waals surface area contributed by atoms with E-state index in [0.717, 1.165) is 24.4 Å². The predicted molar refractivity (Wildman–Crippen MR) is 108 cm³/mol. The molecule has 1 aromatic heterocycles. The Balaban J connectivity index is 2.15. The first-order valence-electron chi connectivity index (χ1n) is 9.37. The van der Waals surface area contributed by atoms with Crippen molar-refractivity contribution >= 4 is 5.69 Å². The van der Waals surface area contributed by atoms with Crippen LogP contribution in [0.25, 0.3) is 11.1 Å². The van der Waals surface area contributed by atoms with E-state index in [1.54, 1.807) is 19.0 Å². The first-order chi connectivity index (χ1) is 15.2. The van der Waals surface area contributed by atoms with Crippen molar-refractivity contribution in [3.63, 3.8) is 0 Å². The van der Waals surface area contributed by atoms with E-state index in [0.29, 0.717) is 5.56 Å². The Morgan fingerprint density at radius 2 is 1.88 bits per heavy atom. The first-order valence-corrected chi connectivity index (χ1v) is 9.37. The zero-order valence-electron chi connectivity index (χ0n) is 17.1. The van der Waals surface area contributed by atoms with Crippen molar-refractivity contribution in [1.82, 2.24) is 9.88 Å². The highest BCUT2D eigenvalue weighted by Gasteiger charge is 2.24. The third-order valence-corrected chi connectivity index (χ3v) is 4.51. The molecule has 32 heavy (non-hydrogen) atoms. The first kappa shape index (κ1) is 23.1. The van der Waals surface area contributed by atoms with Crippen LogP contribution >= 0.6 is 0 Å². The van der Waals surface area contributed by atoms with Gasteiger partial charge in [-0.05, 0) is 50.0 Å². The summed E-state index contributed by atoms with van der Waals surface area (Å²) in [5, 5.41) is 11.9. The lowest BCUT2D eigenvalue weighted by atomic mass is 9.94. The van der Waals surface area contributed by atoms with Gasteiger partial charge in [-0.1, -0.05) is 6.07 Å². The Morgan fingerprint density at radius 3 is 2.41 bits per heavy atom. The molecule has 0 fully saturated rings. The van der Waals surface area contributed by atoms with Crippen LogP contribution in [0.2, 0.25) is 0 Å². The number of hydrogen-bond donors (Lipinski definition) is 0. The standard InChI is InChI=1S/C22H18F4N3O3/c1-28(2)12-15-8-13(10-17-18(23)4-3-5-19(17)24)9-16(21(15)29(30)31)14-6-7-20(27-11-14)32-22(25)26/h3-7,9,11,22H,10,12H2,1-2H3. The maximum absolute atomic E-state index is 14.2. The van der Waals surface area contributed by atoms with Crippen molar-refractivity contribution in [3.05, 3.63) is 87.1 Å². The molecule has 0 spiro atoms. The number of hydrogen-bond acceptors (Lipinski definition) is 5. The number of pyridine rings is 1. The van der Waals surface area contributed by atoms with Crippen LogP contribution in [0.5, 0.6) is 5.88 Å². The summed E-state index contributed by atoms with van der Waals surface area (Å²) in [6, 6.07) is 10.3. The summed E-state index contributed by atoms with van der Waals surface area (Å²) in [5.74, 6) is -1.85. The highest BCUT2D eigenvalue weighted by Crippen LogP contribution is 2.36. The van der Waals surface area contributed by atoms with Gasteiger partial charge in [0.25, 0.3) is 5.69 Å². The lowest BCUT2D eigenvalue weighted by molar-refractivity contribution is -0.385. The predicted octanol–water partition coefficient (Wildman–Crippen LogP) is 4.99. The monoisotopic (exact) mass is 448 g/mol. The minimum atomic E-state index is -3.07. The molecule has 0 unspecified atom stereocenters. The molecule has 10 heteroatoms. The third kappa shape index (κ3) is 5.38. The zero-order valence-corrected chi connectivity index (χ0v) is 17.1. The molecule has 3 aromatic rings. The van der Waals surface area contributed by atoms with E-state index in [1.165, 1.54) is 18.2 Å². The Kier molecular flexibility index (Phi) is 7.04. The highest BCUT2D eigenvalue weighted by atomic mass is 19.3. The summed E-state index contributed by atoms with van der Waals surface area (Å²) in [7, 11) is 3.41. The summed E-state index contributed by atoms with van der Waals surface area (Å²) in [4.78, 5) is 16.8. The highest BCUT2D eigenvalue weighted by molar-refractivity contribution is 5.76. The molecule has 0 saturated carbocycles. The number of halogens is 4. The van der Waals surface area contributed by atoms with Gasteiger partial charge in [0.1, 0.15) is 11.6 Å². The van der Waals surface area contributed by atoms with Crippen LogP contribution in [0.1, 0.15) is 16.7 Å². The summed E-state index contributed by atoms with van der Waals surface area (Å²) < 4.78 is 57.3. The average molecular weight is 448 g/mol. The van der Waals surface area contributed by atoms with Crippen LogP contribution in [-0.4, -0.2) is 35.5 Å². The zero-order chi connectivity index (χ0) is 23.4. The molecular formula is C22H18F4N3O3. The summed E-state index contributed by atoms with van der Waals surface area (Å²) in [5.41, 5.74) is 0.437. The van der Waals surface area contributed by atoms with E-state index in [4.69, 9.17) is 0 Å². The fourth-order valence-corrected chi connectivity index (χ4v) is 3.24. The van der Waals surface area contributed by atoms with E-state index in [1.807, 2.05) is 0 Å². The van der Waals surface area contributed by atoms with Crippen molar-refractivity contribution in [3.8, 4) is 17.0 Å². The van der Waals surface area contributed by atoms with Gasteiger partial charge >= 0.3 is 6.61 Å². The minimum Gasteiger partial charge on any atom is -0.417 e. The fraction of sp³-hybridized carbons (Fsp3) is 0.227. The van der Waals surface area contributed by atoms with Crippen LogP contribution in [0, 0.1) is 27.8 Å². The number of aromatic nitrogens is 1. The number of nitro groups is 1. The molecule has 0 saturated heterocycles. The van der Waals surface area contributed by atoms with E-state index >= 15 is 0 Å². The van der Waals surface area contributed by atoms with Gasteiger partial charge in [0.15, 0.2) is 0 Å². The number of nitro benzene ring substituents is 1.